The van der Waals surface area contributed by atoms with Crippen LogP contribution in [-0.2, 0) is 14.5 Å². The highest BCUT2D eigenvalue weighted by Gasteiger charge is 2.45. The van der Waals surface area contributed by atoms with E-state index in [1.807, 2.05) is 0 Å². The summed E-state index contributed by atoms with van der Waals surface area (Å²) in [7, 11) is 0. The first-order valence-electron chi connectivity index (χ1n) is 3.64. The van der Waals surface area contributed by atoms with Crippen LogP contribution in [0.25, 0.3) is 0 Å². The highest BCUT2D eigenvalue weighted by atomic mass is 17.1. The van der Waals surface area contributed by atoms with E-state index in [1.54, 1.807) is 13.8 Å². The van der Waals surface area contributed by atoms with E-state index >= 15 is 0 Å². The molecule has 0 saturated carbocycles. The molecule has 2 N–H and O–H groups in total. The van der Waals surface area contributed by atoms with Crippen molar-refractivity contribution in [3.05, 3.63) is 0 Å². The normalized spacial score (nSPS) is 10.9. The van der Waals surface area contributed by atoms with Gasteiger partial charge >= 0.3 is 11.9 Å². The van der Waals surface area contributed by atoms with Crippen molar-refractivity contribution < 1.29 is 24.8 Å². The third-order valence-electron chi connectivity index (χ3n) is 2.09. The molecule has 0 bridgehead atoms. The molecule has 12 heavy (non-hydrogen) atoms. The molecule has 0 aromatic heterocycles. The lowest BCUT2D eigenvalue weighted by atomic mass is 9.83. The molecule has 5 heteroatoms. The zero-order valence-electron chi connectivity index (χ0n) is 7.03. The van der Waals surface area contributed by atoms with Crippen LogP contribution in [0.15, 0.2) is 0 Å². The van der Waals surface area contributed by atoms with Gasteiger partial charge in [-0.25, -0.2) is 4.79 Å². The zero-order chi connectivity index (χ0) is 9.78. The number of hydrogen-bond donors (Lipinski definition) is 2. The molecular weight excluding hydrogens is 164 g/mol. The minimum absolute atomic E-state index is 0.0955. The lowest BCUT2D eigenvalue weighted by Crippen LogP contribution is -2.39. The van der Waals surface area contributed by atoms with Crippen molar-refractivity contribution in [3.8, 4) is 0 Å². The van der Waals surface area contributed by atoms with Crippen LogP contribution < -0.4 is 0 Å². The maximum atomic E-state index is 10.9. The Labute approximate surface area is 69.9 Å². The molecule has 0 rings (SSSR count). The average molecular weight is 176 g/mol. The molecule has 0 atom stereocenters. The quantitative estimate of drug-likeness (QED) is 0.377. The van der Waals surface area contributed by atoms with Crippen LogP contribution in [0.3, 0.4) is 0 Å². The third kappa shape index (κ3) is 1.55. The van der Waals surface area contributed by atoms with Gasteiger partial charge in [0.2, 0.25) is 0 Å². The van der Waals surface area contributed by atoms with Gasteiger partial charge in [0.15, 0.2) is 5.41 Å². The maximum absolute atomic E-state index is 10.9. The summed E-state index contributed by atoms with van der Waals surface area (Å²) in [6, 6.07) is 0. The molecule has 0 spiro atoms. The second-order valence-electron chi connectivity index (χ2n) is 2.47. The first kappa shape index (κ1) is 10.9. The fourth-order valence-corrected chi connectivity index (χ4v) is 1.02. The molecule has 0 fully saturated rings. The Morgan fingerprint density at radius 1 is 1.33 bits per heavy atom. The summed E-state index contributed by atoms with van der Waals surface area (Å²) >= 11 is 0. The van der Waals surface area contributed by atoms with Gasteiger partial charge in [-0.2, -0.15) is 5.26 Å². The van der Waals surface area contributed by atoms with Gasteiger partial charge in [-0.05, 0) is 12.8 Å². The molecular formula is C7H12O5. The minimum atomic E-state index is -1.60. The van der Waals surface area contributed by atoms with Crippen molar-refractivity contribution in [2.24, 2.45) is 5.41 Å². The topological polar surface area (TPSA) is 83.8 Å². The molecule has 70 valence electrons. The highest BCUT2D eigenvalue weighted by molar-refractivity contribution is 5.98. The number of hydrogen-bond acceptors (Lipinski definition) is 4. The Kier molecular flexibility index (Phi) is 3.69. The van der Waals surface area contributed by atoms with Gasteiger partial charge in [0.1, 0.15) is 0 Å². The molecule has 0 aliphatic heterocycles. The van der Waals surface area contributed by atoms with Crippen molar-refractivity contribution in [2.75, 3.05) is 0 Å². The predicted octanol–water partition coefficient (Wildman–Crippen LogP) is 0.894. The van der Waals surface area contributed by atoms with Crippen molar-refractivity contribution in [1.29, 1.82) is 0 Å². The van der Waals surface area contributed by atoms with Gasteiger partial charge < -0.3 is 5.11 Å². The van der Waals surface area contributed by atoms with Crippen molar-refractivity contribution in [1.82, 2.24) is 0 Å². The monoisotopic (exact) mass is 176 g/mol. The van der Waals surface area contributed by atoms with Crippen LogP contribution in [0.5, 0.6) is 0 Å². The predicted molar refractivity (Wildman–Crippen MR) is 39.4 cm³/mol. The van der Waals surface area contributed by atoms with Crippen molar-refractivity contribution in [3.63, 3.8) is 0 Å². The summed E-state index contributed by atoms with van der Waals surface area (Å²) in [5.41, 5.74) is -1.60. The molecule has 0 aromatic carbocycles. The Morgan fingerprint density at radius 3 is 1.83 bits per heavy atom. The van der Waals surface area contributed by atoms with E-state index in [1.165, 1.54) is 0 Å². The Hall–Kier alpha value is -1.10. The highest BCUT2D eigenvalue weighted by Crippen LogP contribution is 2.27. The summed E-state index contributed by atoms with van der Waals surface area (Å²) in [5, 5.41) is 16.8. The smallest absolute Gasteiger partial charge is 0.359 e. The van der Waals surface area contributed by atoms with E-state index in [-0.39, 0.29) is 12.8 Å². The van der Waals surface area contributed by atoms with E-state index in [0.29, 0.717) is 0 Å². The molecule has 0 amide bonds. The molecule has 0 aromatic rings. The Morgan fingerprint density at radius 2 is 1.75 bits per heavy atom. The van der Waals surface area contributed by atoms with Crippen molar-refractivity contribution >= 4 is 11.9 Å². The molecule has 0 radical (unpaired) electrons. The van der Waals surface area contributed by atoms with E-state index in [2.05, 4.69) is 4.89 Å². The first-order chi connectivity index (χ1) is 5.55. The molecule has 5 nitrogen and oxygen atoms in total. The van der Waals surface area contributed by atoms with E-state index in [0.717, 1.165) is 0 Å². The fourth-order valence-electron chi connectivity index (χ4n) is 1.02. The lowest BCUT2D eigenvalue weighted by Gasteiger charge is -2.21. The second kappa shape index (κ2) is 4.06. The van der Waals surface area contributed by atoms with Crippen molar-refractivity contribution in [2.45, 2.75) is 26.7 Å². The summed E-state index contributed by atoms with van der Waals surface area (Å²) in [6.07, 6.45) is 0.191. The summed E-state index contributed by atoms with van der Waals surface area (Å²) in [5.74, 6) is -2.38. The Balaban J connectivity index is 4.82. The number of rotatable bonds is 4. The second-order valence-corrected chi connectivity index (χ2v) is 2.47. The largest absolute Gasteiger partial charge is 0.480 e. The average Bonchev–Trinajstić information content (AvgIpc) is 2.06. The maximum Gasteiger partial charge on any atom is 0.359 e. The van der Waals surface area contributed by atoms with Crippen LogP contribution >= 0.6 is 0 Å². The Bertz CT molecular complexity index is 182. The summed E-state index contributed by atoms with van der Waals surface area (Å²) in [4.78, 5) is 25.0. The number of carbonyl (C=O) groups is 2. The number of carboxylic acids is 1. The van der Waals surface area contributed by atoms with Crippen LogP contribution in [0, 0.1) is 5.41 Å². The van der Waals surface area contributed by atoms with Crippen LogP contribution in [0.2, 0.25) is 0 Å². The van der Waals surface area contributed by atoms with E-state index in [9.17, 15) is 9.59 Å². The SMILES string of the molecule is CCC(CC)(C(=O)O)C(=O)OO. The fraction of sp³-hybridized carbons (Fsp3) is 0.714. The molecule has 0 unspecified atom stereocenters. The molecule has 0 aliphatic carbocycles. The molecule has 0 aliphatic rings. The molecule has 0 heterocycles. The summed E-state index contributed by atoms with van der Waals surface area (Å²) < 4.78 is 0. The van der Waals surface area contributed by atoms with Crippen LogP contribution in [-0.4, -0.2) is 22.3 Å². The third-order valence-corrected chi connectivity index (χ3v) is 2.09. The number of carboxylic acid groups (broad SMARTS) is 1. The minimum Gasteiger partial charge on any atom is -0.480 e. The van der Waals surface area contributed by atoms with Gasteiger partial charge in [-0.1, -0.05) is 13.8 Å². The van der Waals surface area contributed by atoms with Gasteiger partial charge in [0.05, 0.1) is 0 Å². The zero-order valence-corrected chi connectivity index (χ0v) is 7.03. The standard InChI is InChI=1S/C7H12O5/c1-3-7(4-2,5(8)9)6(10)12-11/h11H,3-4H2,1-2H3,(H,8,9). The number of carbonyl (C=O) groups excluding carboxylic acids is 1. The van der Waals surface area contributed by atoms with Crippen LogP contribution in [0.1, 0.15) is 26.7 Å². The summed E-state index contributed by atoms with van der Waals surface area (Å²) in [6.45, 7) is 3.10. The molecule has 0 saturated heterocycles. The van der Waals surface area contributed by atoms with Gasteiger partial charge in [-0.15, -0.1) is 0 Å². The first-order valence-corrected chi connectivity index (χ1v) is 3.64. The number of aliphatic carboxylic acids is 1. The van der Waals surface area contributed by atoms with Gasteiger partial charge in [0, 0.05) is 0 Å². The lowest BCUT2D eigenvalue weighted by molar-refractivity contribution is -0.246. The van der Waals surface area contributed by atoms with Gasteiger partial charge in [0.25, 0.3) is 0 Å². The van der Waals surface area contributed by atoms with Crippen LogP contribution in [0.4, 0.5) is 0 Å². The van der Waals surface area contributed by atoms with E-state index in [4.69, 9.17) is 10.4 Å². The van der Waals surface area contributed by atoms with E-state index < -0.39 is 17.4 Å². The van der Waals surface area contributed by atoms with Gasteiger partial charge in [-0.3, -0.25) is 9.68 Å².